The first kappa shape index (κ1) is 14.3. The molecule has 2 atom stereocenters. The number of nitrogens with one attached hydrogen (secondary N) is 1. The van der Waals surface area contributed by atoms with E-state index >= 15 is 0 Å². The highest BCUT2D eigenvalue weighted by Gasteiger charge is 2.28. The van der Waals surface area contributed by atoms with Crippen molar-refractivity contribution in [3.8, 4) is 0 Å². The minimum absolute atomic E-state index is 0.447. The second kappa shape index (κ2) is 6.42. The summed E-state index contributed by atoms with van der Waals surface area (Å²) in [6.45, 7) is 4.54. The standard InChI is InChI=1S/C17H23NS2/c1-12-9-11-20-17(12)13(2)18-16(14-6-3-4-7-14)15-8-5-10-19-15/h5,8-11,13-14,16,18H,3-4,6-7H2,1-2H3. The fraction of sp³-hybridized carbons (Fsp3) is 0.529. The minimum Gasteiger partial charge on any atom is -0.302 e. The van der Waals surface area contributed by atoms with E-state index in [0.717, 1.165) is 5.92 Å². The van der Waals surface area contributed by atoms with Crippen LogP contribution < -0.4 is 5.32 Å². The second-order valence-corrected chi connectivity index (χ2v) is 7.82. The van der Waals surface area contributed by atoms with Crippen LogP contribution in [0, 0.1) is 12.8 Å². The maximum absolute atomic E-state index is 3.93. The van der Waals surface area contributed by atoms with Gasteiger partial charge >= 0.3 is 0 Å². The molecule has 2 aromatic rings. The lowest BCUT2D eigenvalue weighted by molar-refractivity contribution is 0.344. The molecule has 0 aromatic carbocycles. The van der Waals surface area contributed by atoms with Crippen molar-refractivity contribution in [2.24, 2.45) is 5.92 Å². The number of hydrogen-bond acceptors (Lipinski definition) is 3. The number of aryl methyl sites for hydroxylation is 1. The van der Waals surface area contributed by atoms with Crippen molar-refractivity contribution < 1.29 is 0 Å². The first-order chi connectivity index (χ1) is 9.75. The molecule has 1 aliphatic rings. The molecule has 108 valence electrons. The summed E-state index contributed by atoms with van der Waals surface area (Å²) >= 11 is 3.78. The van der Waals surface area contributed by atoms with Crippen molar-refractivity contribution in [2.45, 2.75) is 51.6 Å². The van der Waals surface area contributed by atoms with Gasteiger partial charge in [0.1, 0.15) is 0 Å². The van der Waals surface area contributed by atoms with Crippen molar-refractivity contribution in [3.63, 3.8) is 0 Å². The Bertz CT molecular complexity index is 523. The fourth-order valence-corrected chi connectivity index (χ4v) is 5.21. The lowest BCUT2D eigenvalue weighted by atomic mass is 9.95. The molecular weight excluding hydrogens is 282 g/mol. The third-order valence-corrected chi connectivity index (χ3v) is 6.60. The van der Waals surface area contributed by atoms with E-state index in [0.29, 0.717) is 12.1 Å². The Hall–Kier alpha value is -0.640. The Labute approximate surface area is 130 Å². The lowest BCUT2D eigenvalue weighted by Gasteiger charge is -2.27. The van der Waals surface area contributed by atoms with Crippen LogP contribution in [0.15, 0.2) is 29.0 Å². The first-order valence-corrected chi connectivity index (χ1v) is 9.35. The van der Waals surface area contributed by atoms with E-state index in [4.69, 9.17) is 0 Å². The van der Waals surface area contributed by atoms with Crippen LogP contribution in [0.25, 0.3) is 0 Å². The summed E-state index contributed by atoms with van der Waals surface area (Å²) in [6, 6.07) is 7.70. The molecule has 0 saturated heterocycles. The van der Waals surface area contributed by atoms with E-state index in [1.54, 1.807) is 0 Å². The second-order valence-electron chi connectivity index (χ2n) is 5.89. The van der Waals surface area contributed by atoms with E-state index < -0.39 is 0 Å². The van der Waals surface area contributed by atoms with Crippen molar-refractivity contribution >= 4 is 22.7 Å². The van der Waals surface area contributed by atoms with E-state index in [1.165, 1.54) is 41.0 Å². The molecule has 0 spiro atoms. The van der Waals surface area contributed by atoms with Crippen molar-refractivity contribution in [1.82, 2.24) is 5.32 Å². The molecular formula is C17H23NS2. The molecule has 1 saturated carbocycles. The predicted molar refractivity (Wildman–Crippen MR) is 89.6 cm³/mol. The molecule has 3 rings (SSSR count). The highest BCUT2D eigenvalue weighted by Crippen LogP contribution is 2.39. The molecule has 3 heteroatoms. The van der Waals surface area contributed by atoms with Crippen LogP contribution in [0.2, 0.25) is 0 Å². The number of rotatable bonds is 5. The molecule has 2 unspecified atom stereocenters. The van der Waals surface area contributed by atoms with Crippen LogP contribution in [-0.4, -0.2) is 0 Å². The summed E-state index contributed by atoms with van der Waals surface area (Å²) in [4.78, 5) is 3.00. The zero-order valence-corrected chi connectivity index (χ0v) is 13.9. The van der Waals surface area contributed by atoms with E-state index in [2.05, 4.69) is 48.1 Å². The van der Waals surface area contributed by atoms with Gasteiger partial charge in [-0.2, -0.15) is 0 Å². The average Bonchev–Trinajstić information content (AvgIpc) is 3.18. The Balaban J connectivity index is 1.78. The zero-order valence-electron chi connectivity index (χ0n) is 12.3. The Kier molecular flexibility index (Phi) is 4.59. The molecule has 20 heavy (non-hydrogen) atoms. The van der Waals surface area contributed by atoms with Gasteiger partial charge in [0.25, 0.3) is 0 Å². The first-order valence-electron chi connectivity index (χ1n) is 7.59. The van der Waals surface area contributed by atoms with Gasteiger partial charge in [0.15, 0.2) is 0 Å². The van der Waals surface area contributed by atoms with Gasteiger partial charge in [0.05, 0.1) is 0 Å². The molecule has 0 aliphatic heterocycles. The normalized spacial score (nSPS) is 19.3. The zero-order chi connectivity index (χ0) is 13.9. The molecule has 0 radical (unpaired) electrons. The topological polar surface area (TPSA) is 12.0 Å². The van der Waals surface area contributed by atoms with E-state index in [9.17, 15) is 0 Å². The maximum Gasteiger partial charge on any atom is 0.0448 e. The van der Waals surface area contributed by atoms with Gasteiger partial charge in [0, 0.05) is 21.8 Å². The highest BCUT2D eigenvalue weighted by atomic mass is 32.1. The number of thiophene rings is 2. The van der Waals surface area contributed by atoms with Crippen LogP contribution >= 0.6 is 22.7 Å². The molecule has 1 N–H and O–H groups in total. The quantitative estimate of drug-likeness (QED) is 0.747. The van der Waals surface area contributed by atoms with Crippen LogP contribution in [0.5, 0.6) is 0 Å². The van der Waals surface area contributed by atoms with Gasteiger partial charge in [-0.3, -0.25) is 0 Å². The van der Waals surface area contributed by atoms with Crippen molar-refractivity contribution in [1.29, 1.82) is 0 Å². The molecule has 2 aromatic heterocycles. The summed E-state index contributed by atoms with van der Waals surface area (Å²) in [6.07, 6.45) is 5.57. The molecule has 2 heterocycles. The molecule has 1 nitrogen and oxygen atoms in total. The summed E-state index contributed by atoms with van der Waals surface area (Å²) in [5.74, 6) is 0.816. The molecule has 0 bridgehead atoms. The van der Waals surface area contributed by atoms with Gasteiger partial charge in [0.2, 0.25) is 0 Å². The Morgan fingerprint density at radius 2 is 1.95 bits per heavy atom. The van der Waals surface area contributed by atoms with Crippen LogP contribution in [0.3, 0.4) is 0 Å². The fourth-order valence-electron chi connectivity index (χ4n) is 3.38. The van der Waals surface area contributed by atoms with Gasteiger partial charge in [-0.15, -0.1) is 22.7 Å². The molecule has 1 fully saturated rings. The Morgan fingerprint density at radius 1 is 1.15 bits per heavy atom. The van der Waals surface area contributed by atoms with E-state index in [1.807, 2.05) is 22.7 Å². The van der Waals surface area contributed by atoms with Crippen LogP contribution in [-0.2, 0) is 0 Å². The predicted octanol–water partition coefficient (Wildman–Crippen LogP) is 5.70. The Morgan fingerprint density at radius 3 is 2.55 bits per heavy atom. The third kappa shape index (κ3) is 3.00. The monoisotopic (exact) mass is 305 g/mol. The van der Waals surface area contributed by atoms with Gasteiger partial charge in [-0.1, -0.05) is 18.9 Å². The maximum atomic E-state index is 3.93. The van der Waals surface area contributed by atoms with Crippen molar-refractivity contribution in [2.75, 3.05) is 0 Å². The smallest absolute Gasteiger partial charge is 0.0448 e. The van der Waals surface area contributed by atoms with Gasteiger partial charge in [-0.25, -0.2) is 0 Å². The van der Waals surface area contributed by atoms with Gasteiger partial charge in [-0.05, 0) is 61.1 Å². The average molecular weight is 306 g/mol. The SMILES string of the molecule is Cc1ccsc1C(C)NC(c1cccs1)C1CCCC1. The van der Waals surface area contributed by atoms with Crippen LogP contribution in [0.4, 0.5) is 0 Å². The minimum atomic E-state index is 0.447. The molecule has 0 amide bonds. The summed E-state index contributed by atoms with van der Waals surface area (Å²) < 4.78 is 0. The highest BCUT2D eigenvalue weighted by molar-refractivity contribution is 7.10. The molecule has 1 aliphatic carbocycles. The van der Waals surface area contributed by atoms with Gasteiger partial charge < -0.3 is 5.32 Å². The largest absolute Gasteiger partial charge is 0.302 e. The third-order valence-electron chi connectivity index (χ3n) is 4.45. The van der Waals surface area contributed by atoms with Crippen molar-refractivity contribution in [3.05, 3.63) is 44.3 Å². The summed E-state index contributed by atoms with van der Waals surface area (Å²) in [5, 5.41) is 8.34. The summed E-state index contributed by atoms with van der Waals surface area (Å²) in [5.41, 5.74) is 1.42. The number of hydrogen-bond donors (Lipinski definition) is 1. The van der Waals surface area contributed by atoms with E-state index in [-0.39, 0.29) is 0 Å². The summed E-state index contributed by atoms with van der Waals surface area (Å²) in [7, 11) is 0. The lowest BCUT2D eigenvalue weighted by Crippen LogP contribution is -2.29. The van der Waals surface area contributed by atoms with Crippen LogP contribution in [0.1, 0.15) is 60.0 Å².